The molecule has 0 fully saturated rings. The molecule has 0 bridgehead atoms. The van der Waals surface area contributed by atoms with Crippen LogP contribution >= 0.6 is 7.60 Å². The van der Waals surface area contributed by atoms with Crippen molar-refractivity contribution in [2.75, 3.05) is 34.1 Å². The molecule has 0 unspecified atom stereocenters. The maximum absolute atomic E-state index is 12.1. The number of carbonyl (C=O) groups is 1. The highest BCUT2D eigenvalue weighted by Gasteiger charge is 2.34. The molecule has 0 rings (SSSR count). The molecule has 0 aliphatic carbocycles. The molecule has 0 aromatic rings. The Labute approximate surface area is 110 Å². The molecule has 5 nitrogen and oxygen atoms in total. The van der Waals surface area contributed by atoms with Crippen LogP contribution in [0.4, 0.5) is 0 Å². The molecular weight excluding hydrogens is 255 g/mol. The van der Waals surface area contributed by atoms with E-state index >= 15 is 0 Å². The molecule has 0 N–H and O–H groups in total. The van der Waals surface area contributed by atoms with Crippen LogP contribution in [0.25, 0.3) is 0 Å². The highest BCUT2D eigenvalue weighted by Crippen LogP contribution is 2.47. The van der Waals surface area contributed by atoms with Gasteiger partial charge in [0.2, 0.25) is 0 Å². The highest BCUT2D eigenvalue weighted by molar-refractivity contribution is 7.54. The quantitative estimate of drug-likeness (QED) is 0.455. The summed E-state index contributed by atoms with van der Waals surface area (Å²) in [5.74, 6) is -0.0908. The zero-order chi connectivity index (χ0) is 14.2. The van der Waals surface area contributed by atoms with Crippen molar-refractivity contribution >= 4 is 13.4 Å². The summed E-state index contributed by atoms with van der Waals surface area (Å²) in [6.45, 7) is 4.41. The van der Waals surface area contributed by atoms with Crippen LogP contribution in [0.5, 0.6) is 0 Å². The predicted molar refractivity (Wildman–Crippen MR) is 71.0 cm³/mol. The van der Waals surface area contributed by atoms with Crippen LogP contribution in [0.3, 0.4) is 0 Å². The molecule has 0 radical (unpaired) electrons. The number of carbonyl (C=O) groups excluding carboxylic acids is 1. The first-order valence-electron chi connectivity index (χ1n) is 6.04. The number of unbranched alkanes of at least 4 members (excludes halogenated alkanes) is 1. The lowest BCUT2D eigenvalue weighted by Crippen LogP contribution is -2.27. The molecule has 108 valence electrons. The SMILES string of the molecule is COCCCCC(C)(C)C(=O)CP(=O)(OC)OC. The molecular formula is C12H25O5P. The summed E-state index contributed by atoms with van der Waals surface area (Å²) < 4.78 is 26.4. The summed E-state index contributed by atoms with van der Waals surface area (Å²) in [6, 6.07) is 0. The van der Waals surface area contributed by atoms with Crippen molar-refractivity contribution in [3.63, 3.8) is 0 Å². The van der Waals surface area contributed by atoms with Gasteiger partial charge >= 0.3 is 7.60 Å². The summed E-state index contributed by atoms with van der Waals surface area (Å²) in [6.07, 6.45) is 2.39. The minimum atomic E-state index is -3.25. The maximum atomic E-state index is 12.1. The van der Waals surface area contributed by atoms with E-state index in [4.69, 9.17) is 13.8 Å². The van der Waals surface area contributed by atoms with Crippen LogP contribution in [-0.4, -0.2) is 39.9 Å². The fourth-order valence-corrected chi connectivity index (χ4v) is 2.73. The molecule has 0 aromatic carbocycles. The smallest absolute Gasteiger partial charge is 0.337 e. The standard InChI is InChI=1S/C12H25O5P/c1-12(2,8-6-7-9-15-3)11(13)10-18(14,16-4)17-5/h6-10H2,1-5H3. The van der Waals surface area contributed by atoms with E-state index in [1.807, 2.05) is 13.8 Å². The molecule has 0 spiro atoms. The van der Waals surface area contributed by atoms with E-state index in [9.17, 15) is 9.36 Å². The number of rotatable bonds is 10. The number of ether oxygens (including phenoxy) is 1. The molecule has 0 aliphatic heterocycles. The van der Waals surface area contributed by atoms with Crippen LogP contribution in [0.15, 0.2) is 0 Å². The summed E-state index contributed by atoms with van der Waals surface area (Å²) in [5.41, 5.74) is -0.513. The first-order valence-corrected chi connectivity index (χ1v) is 7.77. The Morgan fingerprint density at radius 1 is 1.11 bits per heavy atom. The third kappa shape index (κ3) is 6.10. The van der Waals surface area contributed by atoms with Crippen molar-refractivity contribution < 1.29 is 23.1 Å². The normalized spacial score (nSPS) is 12.7. The first-order chi connectivity index (χ1) is 8.31. The van der Waals surface area contributed by atoms with E-state index in [1.165, 1.54) is 14.2 Å². The monoisotopic (exact) mass is 280 g/mol. The van der Waals surface area contributed by atoms with Crippen LogP contribution < -0.4 is 0 Å². The zero-order valence-corrected chi connectivity index (χ0v) is 12.9. The first kappa shape index (κ1) is 17.8. The Bertz CT molecular complexity index is 293. The van der Waals surface area contributed by atoms with Gasteiger partial charge in [-0.15, -0.1) is 0 Å². The predicted octanol–water partition coefficient (Wildman–Crippen LogP) is 2.88. The van der Waals surface area contributed by atoms with E-state index in [1.54, 1.807) is 7.11 Å². The molecule has 18 heavy (non-hydrogen) atoms. The van der Waals surface area contributed by atoms with Crippen molar-refractivity contribution in [3.05, 3.63) is 0 Å². The van der Waals surface area contributed by atoms with Gasteiger partial charge in [-0.1, -0.05) is 20.3 Å². The summed E-state index contributed by atoms with van der Waals surface area (Å²) in [4.78, 5) is 12.1. The average molecular weight is 280 g/mol. The Morgan fingerprint density at radius 2 is 1.67 bits per heavy atom. The van der Waals surface area contributed by atoms with Gasteiger partial charge in [0.15, 0.2) is 5.78 Å². The van der Waals surface area contributed by atoms with Gasteiger partial charge in [0.05, 0.1) is 0 Å². The van der Waals surface area contributed by atoms with Crippen molar-refractivity contribution in [2.45, 2.75) is 33.1 Å². The van der Waals surface area contributed by atoms with E-state index < -0.39 is 13.0 Å². The Kier molecular flexibility index (Phi) is 7.95. The lowest BCUT2D eigenvalue weighted by Gasteiger charge is -2.24. The van der Waals surface area contributed by atoms with Crippen molar-refractivity contribution in [1.82, 2.24) is 0 Å². The number of methoxy groups -OCH3 is 1. The van der Waals surface area contributed by atoms with Gasteiger partial charge in [-0.25, -0.2) is 0 Å². The number of hydrogen-bond acceptors (Lipinski definition) is 5. The van der Waals surface area contributed by atoms with E-state index in [0.717, 1.165) is 19.3 Å². The second-order valence-electron chi connectivity index (χ2n) is 4.89. The Balaban J connectivity index is 4.33. The third-order valence-electron chi connectivity index (χ3n) is 3.05. The molecule has 6 heteroatoms. The Hall–Kier alpha value is -0.220. The van der Waals surface area contributed by atoms with Crippen LogP contribution in [0, 0.1) is 5.41 Å². The molecule has 0 aliphatic rings. The van der Waals surface area contributed by atoms with Gasteiger partial charge < -0.3 is 13.8 Å². The minimum Gasteiger partial charge on any atom is -0.385 e. The topological polar surface area (TPSA) is 61.8 Å². The van der Waals surface area contributed by atoms with Gasteiger partial charge in [0, 0.05) is 33.4 Å². The van der Waals surface area contributed by atoms with E-state index in [-0.39, 0.29) is 11.9 Å². The summed E-state index contributed by atoms with van der Waals surface area (Å²) in [5, 5.41) is 0. The largest absolute Gasteiger partial charge is 0.385 e. The second-order valence-corrected chi connectivity index (χ2v) is 7.16. The van der Waals surface area contributed by atoms with Crippen LogP contribution in [0.1, 0.15) is 33.1 Å². The molecule has 0 saturated heterocycles. The fourth-order valence-electron chi connectivity index (χ4n) is 1.55. The Morgan fingerprint density at radius 3 is 2.11 bits per heavy atom. The van der Waals surface area contributed by atoms with Crippen molar-refractivity contribution in [1.29, 1.82) is 0 Å². The molecule has 0 amide bonds. The summed E-state index contributed by atoms with van der Waals surface area (Å²) >= 11 is 0. The molecule has 0 saturated carbocycles. The van der Waals surface area contributed by atoms with Crippen LogP contribution in [-0.2, 0) is 23.1 Å². The molecule has 0 heterocycles. The number of ketones is 1. The second kappa shape index (κ2) is 8.05. The lowest BCUT2D eigenvalue weighted by molar-refractivity contribution is -0.125. The van der Waals surface area contributed by atoms with Gasteiger partial charge in [-0.2, -0.15) is 0 Å². The highest BCUT2D eigenvalue weighted by atomic mass is 31.2. The van der Waals surface area contributed by atoms with Gasteiger partial charge in [-0.05, 0) is 12.8 Å². The van der Waals surface area contributed by atoms with Gasteiger partial charge in [-0.3, -0.25) is 9.36 Å². The van der Waals surface area contributed by atoms with Crippen LogP contribution in [0.2, 0.25) is 0 Å². The molecule has 0 aromatic heterocycles. The van der Waals surface area contributed by atoms with Crippen molar-refractivity contribution in [2.24, 2.45) is 5.41 Å². The minimum absolute atomic E-state index is 0.0908. The maximum Gasteiger partial charge on any atom is 0.337 e. The van der Waals surface area contributed by atoms with Gasteiger partial charge in [0.25, 0.3) is 0 Å². The van der Waals surface area contributed by atoms with Crippen molar-refractivity contribution in [3.8, 4) is 0 Å². The lowest BCUT2D eigenvalue weighted by atomic mass is 9.83. The number of hydrogen-bond donors (Lipinski definition) is 0. The van der Waals surface area contributed by atoms with E-state index in [0.29, 0.717) is 6.61 Å². The van der Waals surface area contributed by atoms with E-state index in [2.05, 4.69) is 0 Å². The third-order valence-corrected chi connectivity index (χ3v) is 4.84. The van der Waals surface area contributed by atoms with Gasteiger partial charge in [0.1, 0.15) is 6.16 Å². The zero-order valence-electron chi connectivity index (χ0n) is 12.0. The number of Topliss-reactive ketones (excluding diaryl/α,β-unsaturated/α-hetero) is 1. The fraction of sp³-hybridized carbons (Fsp3) is 0.917. The molecule has 0 atom stereocenters. The average Bonchev–Trinajstić information content (AvgIpc) is 2.34. The summed E-state index contributed by atoms with van der Waals surface area (Å²) in [7, 11) is 0.993.